The minimum atomic E-state index is -1.94. The Morgan fingerprint density at radius 1 is 1.06 bits per heavy atom. The summed E-state index contributed by atoms with van der Waals surface area (Å²) in [6.45, 7) is 21.7. The lowest BCUT2D eigenvalue weighted by molar-refractivity contribution is 0.0954. The largest absolute Gasteiger partial charge is 0.441 e. The molecule has 2 nitrogen and oxygen atoms in total. The van der Waals surface area contributed by atoms with Gasteiger partial charge in [-0.2, -0.15) is 0 Å². The van der Waals surface area contributed by atoms with Crippen LogP contribution in [0.5, 0.6) is 0 Å². The standard InChI is InChI=1S/C11H30O2Si4/c1-11(2)10-15(5,6)16(7,8)17(9,12-11)13-14(3)4/h14H,10H2,1-9H3. The first kappa shape index (κ1) is 15.8. The molecule has 0 aromatic rings. The molecule has 102 valence electrons. The van der Waals surface area contributed by atoms with E-state index in [-0.39, 0.29) is 5.60 Å². The fraction of sp³-hybridized carbons (Fsp3) is 1.00. The fourth-order valence-corrected chi connectivity index (χ4v) is 40.1. The highest BCUT2D eigenvalue weighted by molar-refractivity contribution is 7.67. The summed E-state index contributed by atoms with van der Waals surface area (Å²) in [6, 6.07) is 1.30. The maximum absolute atomic E-state index is 6.57. The summed E-state index contributed by atoms with van der Waals surface area (Å²) in [7, 11) is -5.49. The van der Waals surface area contributed by atoms with Crippen LogP contribution in [-0.4, -0.2) is 37.4 Å². The van der Waals surface area contributed by atoms with E-state index < -0.39 is 31.8 Å². The third-order valence-corrected chi connectivity index (χ3v) is 45.7. The molecule has 1 saturated heterocycles. The van der Waals surface area contributed by atoms with E-state index in [1.54, 1.807) is 0 Å². The molecule has 17 heavy (non-hydrogen) atoms. The van der Waals surface area contributed by atoms with Crippen molar-refractivity contribution in [3.05, 3.63) is 0 Å². The van der Waals surface area contributed by atoms with Gasteiger partial charge in [0.1, 0.15) is 7.11 Å². The molecule has 0 saturated carbocycles. The fourth-order valence-electron chi connectivity index (χ4n) is 3.21. The van der Waals surface area contributed by atoms with E-state index >= 15 is 0 Å². The topological polar surface area (TPSA) is 18.5 Å². The molecule has 0 amide bonds. The molecule has 6 heteroatoms. The molecule has 0 aliphatic carbocycles. The van der Waals surface area contributed by atoms with Crippen molar-refractivity contribution in [2.75, 3.05) is 0 Å². The smallest absolute Gasteiger partial charge is 0.300 e. The highest BCUT2D eigenvalue weighted by Crippen LogP contribution is 2.44. The van der Waals surface area contributed by atoms with Gasteiger partial charge in [-0.05, 0) is 39.5 Å². The van der Waals surface area contributed by atoms with Crippen molar-refractivity contribution in [3.8, 4) is 0 Å². The van der Waals surface area contributed by atoms with Crippen molar-refractivity contribution in [3.63, 3.8) is 0 Å². The Morgan fingerprint density at radius 2 is 1.53 bits per heavy atom. The molecule has 1 fully saturated rings. The Labute approximate surface area is 112 Å². The second-order valence-electron chi connectivity index (χ2n) is 7.66. The monoisotopic (exact) mass is 306 g/mol. The average molecular weight is 307 g/mol. The molecule has 0 spiro atoms. The number of rotatable bonds is 2. The zero-order chi connectivity index (χ0) is 13.7. The molecular formula is C11H30O2Si4. The van der Waals surface area contributed by atoms with Crippen molar-refractivity contribution in [1.82, 2.24) is 0 Å². The van der Waals surface area contributed by atoms with Gasteiger partial charge in [-0.25, -0.2) is 0 Å². The second kappa shape index (κ2) is 4.41. The first-order valence-corrected chi connectivity index (χ1v) is 20.0. The van der Waals surface area contributed by atoms with Gasteiger partial charge in [-0.15, -0.1) is 0 Å². The third-order valence-electron chi connectivity index (χ3n) is 4.63. The molecule has 0 N–H and O–H groups in total. The molecule has 1 rings (SSSR count). The van der Waals surface area contributed by atoms with Gasteiger partial charge in [-0.3, -0.25) is 0 Å². The Balaban J connectivity index is 3.17. The maximum atomic E-state index is 6.57. The third kappa shape index (κ3) is 2.87. The van der Waals surface area contributed by atoms with Crippen LogP contribution in [0, 0.1) is 0 Å². The van der Waals surface area contributed by atoms with E-state index in [9.17, 15) is 0 Å². The Kier molecular flexibility index (Phi) is 4.11. The normalized spacial score (nSPS) is 34.9. The van der Waals surface area contributed by atoms with Crippen LogP contribution in [0.15, 0.2) is 0 Å². The van der Waals surface area contributed by atoms with Crippen LogP contribution >= 0.6 is 0 Å². The quantitative estimate of drug-likeness (QED) is 0.728. The predicted molar refractivity (Wildman–Crippen MR) is 86.5 cm³/mol. The summed E-state index contributed by atoms with van der Waals surface area (Å²) in [4.78, 5) is 0. The van der Waals surface area contributed by atoms with Crippen LogP contribution in [-0.2, 0) is 8.54 Å². The van der Waals surface area contributed by atoms with Gasteiger partial charge >= 0.3 is 0 Å². The van der Waals surface area contributed by atoms with E-state index in [1.807, 2.05) is 0 Å². The van der Waals surface area contributed by atoms with Crippen LogP contribution in [0.1, 0.15) is 13.8 Å². The van der Waals surface area contributed by atoms with Crippen molar-refractivity contribution in [2.24, 2.45) is 0 Å². The predicted octanol–water partition coefficient (Wildman–Crippen LogP) is 3.44. The second-order valence-corrected chi connectivity index (χ2v) is 36.0. The average Bonchev–Trinajstić information content (AvgIpc) is 1.95. The van der Waals surface area contributed by atoms with Crippen LogP contribution in [0.2, 0.25) is 51.9 Å². The van der Waals surface area contributed by atoms with Gasteiger partial charge in [0.05, 0.1) is 5.60 Å². The van der Waals surface area contributed by atoms with Crippen molar-refractivity contribution < 1.29 is 8.54 Å². The van der Waals surface area contributed by atoms with Gasteiger partial charge in [0.25, 0.3) is 8.08 Å². The minimum absolute atomic E-state index is 0.0442. The molecule has 1 aliphatic heterocycles. The Bertz CT molecular complexity index is 302. The summed E-state index contributed by atoms with van der Waals surface area (Å²) in [6.07, 6.45) is 0. The summed E-state index contributed by atoms with van der Waals surface area (Å²) in [5.41, 5.74) is 0.0442. The molecule has 0 radical (unpaired) electrons. The Hall–Kier alpha value is 0.788. The van der Waals surface area contributed by atoms with Crippen LogP contribution in [0.25, 0.3) is 0 Å². The lowest BCUT2D eigenvalue weighted by atomic mass is 10.2. The molecule has 0 aromatic carbocycles. The molecule has 1 aliphatic rings. The van der Waals surface area contributed by atoms with E-state index in [2.05, 4.69) is 59.7 Å². The van der Waals surface area contributed by atoms with E-state index in [4.69, 9.17) is 8.54 Å². The van der Waals surface area contributed by atoms with Crippen molar-refractivity contribution >= 4 is 31.8 Å². The van der Waals surface area contributed by atoms with E-state index in [0.29, 0.717) is 0 Å². The zero-order valence-electron chi connectivity index (χ0n) is 13.1. The molecule has 1 unspecified atom stereocenters. The molecular weight excluding hydrogens is 276 g/mol. The first-order chi connectivity index (χ1) is 7.33. The molecule has 1 heterocycles. The van der Waals surface area contributed by atoms with Gasteiger partial charge in [0.15, 0.2) is 9.04 Å². The number of hydrogen-bond donors (Lipinski definition) is 0. The highest BCUT2D eigenvalue weighted by Gasteiger charge is 2.64. The summed E-state index contributed by atoms with van der Waals surface area (Å²) in [5, 5.41) is 0. The summed E-state index contributed by atoms with van der Waals surface area (Å²) >= 11 is 0. The lowest BCUT2D eigenvalue weighted by Gasteiger charge is -2.58. The van der Waals surface area contributed by atoms with Crippen LogP contribution in [0.4, 0.5) is 0 Å². The SMILES string of the molecule is C[SiH](C)O[Si]1(C)OC(C)(C)C[Si](C)(C)[Si]1(C)C. The van der Waals surface area contributed by atoms with Crippen molar-refractivity contribution in [1.29, 1.82) is 0 Å². The van der Waals surface area contributed by atoms with Crippen LogP contribution in [0.3, 0.4) is 0 Å². The van der Waals surface area contributed by atoms with Gasteiger partial charge in [-0.1, -0.05) is 26.2 Å². The molecule has 0 aromatic heterocycles. The van der Waals surface area contributed by atoms with Crippen LogP contribution < -0.4 is 0 Å². The van der Waals surface area contributed by atoms with Gasteiger partial charge < -0.3 is 8.54 Å². The summed E-state index contributed by atoms with van der Waals surface area (Å²) in [5.74, 6) is 0. The van der Waals surface area contributed by atoms with Gasteiger partial charge in [0, 0.05) is 7.59 Å². The lowest BCUT2D eigenvalue weighted by Crippen LogP contribution is -2.80. The number of hydrogen-bond acceptors (Lipinski definition) is 2. The maximum Gasteiger partial charge on any atom is 0.300 e. The first-order valence-electron chi connectivity index (χ1n) is 6.71. The minimum Gasteiger partial charge on any atom is -0.441 e. The highest BCUT2D eigenvalue weighted by atomic mass is 29.7. The van der Waals surface area contributed by atoms with Crippen molar-refractivity contribution in [2.45, 2.75) is 71.3 Å². The molecule has 0 bridgehead atoms. The van der Waals surface area contributed by atoms with E-state index in [0.717, 1.165) is 0 Å². The molecule has 1 atom stereocenters. The summed E-state index contributed by atoms with van der Waals surface area (Å²) < 4.78 is 13.1. The van der Waals surface area contributed by atoms with E-state index in [1.165, 1.54) is 6.04 Å². The Morgan fingerprint density at radius 3 is 1.94 bits per heavy atom. The van der Waals surface area contributed by atoms with Gasteiger partial charge in [0.2, 0.25) is 0 Å². The zero-order valence-corrected chi connectivity index (χ0v) is 17.3.